The van der Waals surface area contributed by atoms with Gasteiger partial charge in [0, 0.05) is 18.1 Å². The lowest BCUT2D eigenvalue weighted by molar-refractivity contribution is -0.139. The Morgan fingerprint density at radius 1 is 1.00 bits per heavy atom. The SMILES string of the molecule is CCNC(=O)[C@@H](C)N(Cc1cccc(OC)c1)C(=O)CN(c1ccccc1OCC)S(=O)(=O)c1ccc(Cl)cc1. The Kier molecular flexibility index (Phi) is 10.8. The second-order valence-electron chi connectivity index (χ2n) is 8.81. The van der Waals surface area contributed by atoms with E-state index in [1.165, 1.54) is 36.3 Å². The summed E-state index contributed by atoms with van der Waals surface area (Å²) in [6.07, 6.45) is 0. The average molecular weight is 588 g/mol. The van der Waals surface area contributed by atoms with E-state index < -0.39 is 28.5 Å². The van der Waals surface area contributed by atoms with Gasteiger partial charge in [0.1, 0.15) is 24.1 Å². The van der Waals surface area contributed by atoms with Gasteiger partial charge in [0.05, 0.1) is 24.3 Å². The fraction of sp³-hybridized carbons (Fsp3) is 0.310. The number of anilines is 1. The highest BCUT2D eigenvalue weighted by atomic mass is 35.5. The monoisotopic (exact) mass is 587 g/mol. The van der Waals surface area contributed by atoms with Crippen LogP contribution in [0.2, 0.25) is 5.02 Å². The van der Waals surface area contributed by atoms with Crippen molar-refractivity contribution in [3.05, 3.63) is 83.4 Å². The maximum Gasteiger partial charge on any atom is 0.264 e. The number of nitrogens with zero attached hydrogens (tertiary/aromatic N) is 2. The Bertz CT molecular complexity index is 1420. The molecule has 3 aromatic carbocycles. The van der Waals surface area contributed by atoms with Gasteiger partial charge in [-0.15, -0.1) is 0 Å². The summed E-state index contributed by atoms with van der Waals surface area (Å²) in [6.45, 7) is 5.31. The molecule has 0 fully saturated rings. The molecule has 1 N–H and O–H groups in total. The van der Waals surface area contributed by atoms with Gasteiger partial charge < -0.3 is 19.7 Å². The number of carbonyl (C=O) groups is 2. The first kappa shape index (κ1) is 30.8. The lowest BCUT2D eigenvalue weighted by Gasteiger charge is -2.32. The largest absolute Gasteiger partial charge is 0.497 e. The molecule has 0 heterocycles. The number of nitrogens with one attached hydrogen (secondary N) is 1. The van der Waals surface area contributed by atoms with Crippen LogP contribution in [-0.2, 0) is 26.2 Å². The molecule has 0 aliphatic rings. The van der Waals surface area contributed by atoms with Crippen LogP contribution in [-0.4, -0.2) is 58.0 Å². The molecule has 3 rings (SSSR count). The van der Waals surface area contributed by atoms with Crippen molar-refractivity contribution < 1.29 is 27.5 Å². The Hall–Kier alpha value is -3.76. The van der Waals surface area contributed by atoms with Gasteiger partial charge in [-0.1, -0.05) is 35.9 Å². The zero-order valence-corrected chi connectivity index (χ0v) is 24.5. The van der Waals surface area contributed by atoms with Gasteiger partial charge in [0.2, 0.25) is 11.8 Å². The summed E-state index contributed by atoms with van der Waals surface area (Å²) < 4.78 is 40.0. The van der Waals surface area contributed by atoms with Gasteiger partial charge >= 0.3 is 0 Å². The molecule has 0 radical (unpaired) electrons. The van der Waals surface area contributed by atoms with E-state index in [1.54, 1.807) is 69.3 Å². The number of ether oxygens (including phenoxy) is 2. The summed E-state index contributed by atoms with van der Waals surface area (Å²) in [5.74, 6) is -0.0504. The number of hydrogen-bond acceptors (Lipinski definition) is 6. The van der Waals surface area contributed by atoms with Crippen molar-refractivity contribution in [1.29, 1.82) is 0 Å². The van der Waals surface area contributed by atoms with Crippen molar-refractivity contribution in [3.63, 3.8) is 0 Å². The summed E-state index contributed by atoms with van der Waals surface area (Å²) in [5, 5.41) is 3.11. The van der Waals surface area contributed by atoms with Crippen molar-refractivity contribution in [1.82, 2.24) is 10.2 Å². The molecule has 0 spiro atoms. The smallest absolute Gasteiger partial charge is 0.264 e. The number of halogens is 1. The molecule has 214 valence electrons. The van der Waals surface area contributed by atoms with E-state index in [1.807, 2.05) is 0 Å². The molecule has 0 aliphatic heterocycles. The lowest BCUT2D eigenvalue weighted by atomic mass is 10.1. The Morgan fingerprint density at radius 3 is 2.35 bits per heavy atom. The van der Waals surface area contributed by atoms with E-state index in [-0.39, 0.29) is 29.6 Å². The fourth-order valence-corrected chi connectivity index (χ4v) is 5.61. The van der Waals surface area contributed by atoms with Crippen LogP contribution in [0.1, 0.15) is 26.3 Å². The third kappa shape index (κ3) is 7.45. The highest BCUT2D eigenvalue weighted by Crippen LogP contribution is 2.33. The minimum atomic E-state index is -4.25. The van der Waals surface area contributed by atoms with Gasteiger partial charge in [-0.3, -0.25) is 13.9 Å². The molecule has 9 nitrogen and oxygen atoms in total. The van der Waals surface area contributed by atoms with E-state index in [2.05, 4.69) is 5.32 Å². The first-order valence-corrected chi connectivity index (χ1v) is 14.6. The van der Waals surface area contributed by atoms with Crippen LogP contribution in [0.5, 0.6) is 11.5 Å². The molecule has 0 unspecified atom stereocenters. The maximum atomic E-state index is 14.0. The van der Waals surface area contributed by atoms with Crippen LogP contribution in [0.25, 0.3) is 0 Å². The van der Waals surface area contributed by atoms with Crippen LogP contribution in [0.15, 0.2) is 77.7 Å². The van der Waals surface area contributed by atoms with Crippen molar-refractivity contribution >= 4 is 39.1 Å². The van der Waals surface area contributed by atoms with Gasteiger partial charge in [-0.25, -0.2) is 8.42 Å². The van der Waals surface area contributed by atoms with Crippen molar-refractivity contribution in [2.24, 2.45) is 0 Å². The molecular weight excluding hydrogens is 554 g/mol. The standard InChI is InChI=1S/C29H34ClN3O6S/c1-5-31-29(35)21(3)32(19-22-10-9-11-24(18-22)38-4)28(34)20-33(26-12-7-8-13-27(26)39-6-2)40(36,37)25-16-14-23(30)15-17-25/h7-18,21H,5-6,19-20H2,1-4H3,(H,31,35)/t21-/m1/s1. The van der Waals surface area contributed by atoms with Gasteiger partial charge in [0.15, 0.2) is 0 Å². The quantitative estimate of drug-likeness (QED) is 0.316. The van der Waals surface area contributed by atoms with Gasteiger partial charge in [-0.05, 0) is 74.9 Å². The number of sulfonamides is 1. The lowest BCUT2D eigenvalue weighted by Crippen LogP contribution is -2.51. The van der Waals surface area contributed by atoms with E-state index in [0.717, 1.165) is 4.31 Å². The van der Waals surface area contributed by atoms with Gasteiger partial charge in [0.25, 0.3) is 10.0 Å². The third-order valence-corrected chi connectivity index (χ3v) is 8.15. The van der Waals surface area contributed by atoms with Gasteiger partial charge in [-0.2, -0.15) is 0 Å². The Balaban J connectivity index is 2.08. The maximum absolute atomic E-state index is 14.0. The Morgan fingerprint density at radius 2 is 1.70 bits per heavy atom. The predicted octanol–water partition coefficient (Wildman–Crippen LogP) is 4.50. The molecule has 1 atom stereocenters. The fourth-order valence-electron chi connectivity index (χ4n) is 4.06. The first-order valence-electron chi connectivity index (χ1n) is 12.8. The minimum absolute atomic E-state index is 0.0490. The number of hydrogen-bond donors (Lipinski definition) is 1. The topological polar surface area (TPSA) is 105 Å². The van der Waals surface area contributed by atoms with Crippen LogP contribution in [0.4, 0.5) is 5.69 Å². The third-order valence-electron chi connectivity index (χ3n) is 6.12. The molecule has 40 heavy (non-hydrogen) atoms. The zero-order valence-electron chi connectivity index (χ0n) is 23.0. The molecule has 0 saturated heterocycles. The number of benzene rings is 3. The molecule has 3 aromatic rings. The number of para-hydroxylation sites is 2. The second-order valence-corrected chi connectivity index (χ2v) is 11.1. The summed E-state index contributed by atoms with van der Waals surface area (Å²) >= 11 is 6.00. The first-order chi connectivity index (χ1) is 19.1. The van der Waals surface area contributed by atoms with E-state index in [9.17, 15) is 18.0 Å². The molecule has 2 amide bonds. The summed E-state index contributed by atoms with van der Waals surface area (Å²) in [6, 6.07) is 18.5. The number of rotatable bonds is 13. The van der Waals surface area contributed by atoms with E-state index in [0.29, 0.717) is 28.6 Å². The van der Waals surface area contributed by atoms with Crippen LogP contribution in [0, 0.1) is 0 Å². The normalized spacial score (nSPS) is 11.8. The summed E-state index contributed by atoms with van der Waals surface area (Å²) in [7, 11) is -2.72. The summed E-state index contributed by atoms with van der Waals surface area (Å²) in [5.41, 5.74) is 0.908. The average Bonchev–Trinajstić information content (AvgIpc) is 2.95. The van der Waals surface area contributed by atoms with Crippen LogP contribution < -0.4 is 19.1 Å². The molecule has 0 aliphatic carbocycles. The van der Waals surface area contributed by atoms with E-state index >= 15 is 0 Å². The summed E-state index contributed by atoms with van der Waals surface area (Å²) in [4.78, 5) is 28.1. The molecule has 0 bridgehead atoms. The molecule has 0 aromatic heterocycles. The number of amides is 2. The molecule has 0 saturated carbocycles. The van der Waals surface area contributed by atoms with Crippen molar-refractivity contribution in [2.45, 2.75) is 38.3 Å². The number of carbonyl (C=O) groups excluding carboxylic acids is 2. The molecular formula is C29H34ClN3O6S. The van der Waals surface area contributed by atoms with Crippen LogP contribution >= 0.6 is 11.6 Å². The zero-order chi connectivity index (χ0) is 29.3. The Labute approximate surface area is 240 Å². The minimum Gasteiger partial charge on any atom is -0.497 e. The second kappa shape index (κ2) is 14.0. The van der Waals surface area contributed by atoms with E-state index in [4.69, 9.17) is 21.1 Å². The number of methoxy groups -OCH3 is 1. The molecule has 11 heteroatoms. The highest BCUT2D eigenvalue weighted by Gasteiger charge is 2.33. The highest BCUT2D eigenvalue weighted by molar-refractivity contribution is 7.92. The van der Waals surface area contributed by atoms with Crippen LogP contribution in [0.3, 0.4) is 0 Å². The van der Waals surface area contributed by atoms with Crippen molar-refractivity contribution in [3.8, 4) is 11.5 Å². The van der Waals surface area contributed by atoms with Crippen molar-refractivity contribution in [2.75, 3.05) is 31.1 Å². The predicted molar refractivity (Wildman–Crippen MR) is 155 cm³/mol. The number of likely N-dealkylation sites (N-methyl/N-ethyl adjacent to an activating group) is 1.